The second kappa shape index (κ2) is 12.0. The quantitative estimate of drug-likeness (QED) is 0.179. The van der Waals surface area contributed by atoms with Crippen LogP contribution >= 0.6 is 0 Å². The fourth-order valence-electron chi connectivity index (χ4n) is 7.76. The lowest BCUT2D eigenvalue weighted by Crippen LogP contribution is -2.20. The second-order valence-corrected chi connectivity index (χ2v) is 13.1. The number of fused-ring (bicyclic) bond motifs is 6. The Morgan fingerprint density at radius 1 is 0.569 bits per heavy atom. The fraction of sp³-hybridized carbons (Fsp3) is 0.0426. The van der Waals surface area contributed by atoms with E-state index in [-0.39, 0.29) is 0 Å². The van der Waals surface area contributed by atoms with E-state index < -0.39 is 0 Å². The zero-order valence-corrected chi connectivity index (χ0v) is 27.9. The molecule has 2 heterocycles. The summed E-state index contributed by atoms with van der Waals surface area (Å²) in [6, 6.07) is 60.2. The molecule has 4 nitrogen and oxygen atoms in total. The summed E-state index contributed by atoms with van der Waals surface area (Å²) < 4.78 is 8.71. The standard InChI is InChI=1S/C47H33N3O/c1-4-14-32(15-5-1)38-20-10-12-22-42(38)49(36-26-24-33-25-29-45-46(40(33)30-36)48-47(51-45)34-16-6-2-7-17-34)37-27-28-44-41(31-37)39-21-11-13-23-43(39)50(44)35-18-8-3-9-19-35/h1-23,25,27-31H,24,26H2. The Hall–Kier alpha value is -6.65. The molecule has 1 aliphatic carbocycles. The highest BCUT2D eigenvalue weighted by atomic mass is 16.3. The van der Waals surface area contributed by atoms with Crippen LogP contribution in [-0.4, -0.2) is 9.55 Å². The van der Waals surface area contributed by atoms with Crippen molar-refractivity contribution < 1.29 is 4.42 Å². The van der Waals surface area contributed by atoms with Crippen molar-refractivity contribution in [2.24, 2.45) is 0 Å². The molecule has 0 unspecified atom stereocenters. The lowest BCUT2D eigenvalue weighted by atomic mass is 9.92. The Labute approximate surface area is 296 Å². The molecule has 0 saturated heterocycles. The minimum atomic E-state index is 0.645. The number of aromatic nitrogens is 2. The first-order chi connectivity index (χ1) is 25.3. The van der Waals surface area contributed by atoms with Crippen LogP contribution in [0.2, 0.25) is 0 Å². The molecule has 1 aliphatic rings. The van der Waals surface area contributed by atoms with Gasteiger partial charge in [0.05, 0.1) is 16.7 Å². The Kier molecular flexibility index (Phi) is 6.91. The topological polar surface area (TPSA) is 34.2 Å². The van der Waals surface area contributed by atoms with Crippen molar-refractivity contribution in [1.82, 2.24) is 9.55 Å². The van der Waals surface area contributed by atoms with Crippen LogP contribution in [0.4, 0.5) is 11.4 Å². The van der Waals surface area contributed by atoms with Crippen molar-refractivity contribution in [3.05, 3.63) is 187 Å². The summed E-state index contributed by atoms with van der Waals surface area (Å²) in [7, 11) is 0. The lowest BCUT2D eigenvalue weighted by molar-refractivity contribution is 0.619. The van der Waals surface area contributed by atoms with Gasteiger partial charge in [-0.3, -0.25) is 0 Å². The molecule has 10 rings (SSSR count). The molecule has 0 saturated carbocycles. The third kappa shape index (κ3) is 4.95. The SMILES string of the molecule is C1=C(N(c2ccc3c(c2)c2ccccc2n3-c2ccccc2)c2ccccc2-c2ccccc2)CCc2ccc3oc(-c4ccccc4)nc3c21. The summed E-state index contributed by atoms with van der Waals surface area (Å²) in [6.07, 6.45) is 4.14. The molecule has 0 fully saturated rings. The summed E-state index contributed by atoms with van der Waals surface area (Å²) in [4.78, 5) is 7.54. The molecule has 4 heteroatoms. The van der Waals surface area contributed by atoms with Gasteiger partial charge < -0.3 is 13.9 Å². The number of hydrogen-bond donors (Lipinski definition) is 0. The lowest BCUT2D eigenvalue weighted by Gasteiger charge is -2.32. The summed E-state index contributed by atoms with van der Waals surface area (Å²) in [5.74, 6) is 0.645. The number of nitrogens with zero attached hydrogens (tertiary/aromatic N) is 3. The minimum absolute atomic E-state index is 0.645. The van der Waals surface area contributed by atoms with Gasteiger partial charge in [0.1, 0.15) is 5.52 Å². The first-order valence-electron chi connectivity index (χ1n) is 17.5. The summed E-state index contributed by atoms with van der Waals surface area (Å²) in [6.45, 7) is 0. The van der Waals surface area contributed by atoms with Gasteiger partial charge in [-0.05, 0) is 90.7 Å². The predicted octanol–water partition coefficient (Wildman–Crippen LogP) is 12.4. The van der Waals surface area contributed by atoms with Crippen LogP contribution in [-0.2, 0) is 6.42 Å². The van der Waals surface area contributed by atoms with E-state index in [2.05, 4.69) is 155 Å². The van der Waals surface area contributed by atoms with Crippen molar-refractivity contribution in [1.29, 1.82) is 0 Å². The maximum Gasteiger partial charge on any atom is 0.227 e. The van der Waals surface area contributed by atoms with Gasteiger partial charge >= 0.3 is 0 Å². The molecular weight excluding hydrogens is 623 g/mol. The van der Waals surface area contributed by atoms with Gasteiger partial charge in [0.25, 0.3) is 0 Å². The smallest absolute Gasteiger partial charge is 0.227 e. The van der Waals surface area contributed by atoms with E-state index in [9.17, 15) is 0 Å². The van der Waals surface area contributed by atoms with Gasteiger partial charge in [-0.15, -0.1) is 0 Å². The normalized spacial score (nSPS) is 12.7. The number of para-hydroxylation sites is 3. The Balaban J connectivity index is 1.20. The Morgan fingerprint density at radius 2 is 1.25 bits per heavy atom. The van der Waals surface area contributed by atoms with E-state index in [1.165, 1.54) is 44.2 Å². The molecular formula is C47H33N3O. The van der Waals surface area contributed by atoms with E-state index in [1.807, 2.05) is 30.3 Å². The molecule has 0 aliphatic heterocycles. The largest absolute Gasteiger partial charge is 0.436 e. The highest BCUT2D eigenvalue weighted by Gasteiger charge is 2.25. The number of oxazole rings is 1. The molecule has 7 aromatic carbocycles. The molecule has 0 radical (unpaired) electrons. The maximum absolute atomic E-state index is 6.33. The number of benzene rings is 7. The molecule has 0 N–H and O–H groups in total. The highest BCUT2D eigenvalue weighted by Crippen LogP contribution is 2.44. The monoisotopic (exact) mass is 655 g/mol. The number of rotatable bonds is 6. The maximum atomic E-state index is 6.33. The van der Waals surface area contributed by atoms with Crippen LogP contribution in [0.15, 0.2) is 180 Å². The fourth-order valence-corrected chi connectivity index (χ4v) is 7.76. The molecule has 2 aromatic heterocycles. The van der Waals surface area contributed by atoms with Crippen molar-refractivity contribution >= 4 is 50.4 Å². The third-order valence-corrected chi connectivity index (χ3v) is 10.1. The summed E-state index contributed by atoms with van der Waals surface area (Å²) >= 11 is 0. The van der Waals surface area contributed by atoms with Gasteiger partial charge in [0.15, 0.2) is 5.58 Å². The van der Waals surface area contributed by atoms with Crippen LogP contribution in [0.25, 0.3) is 67.3 Å². The second-order valence-electron chi connectivity index (χ2n) is 13.1. The molecule has 242 valence electrons. The summed E-state index contributed by atoms with van der Waals surface area (Å²) in [5, 5.41) is 2.45. The zero-order valence-electron chi connectivity index (χ0n) is 27.9. The Morgan fingerprint density at radius 3 is 2.08 bits per heavy atom. The van der Waals surface area contributed by atoms with Crippen LogP contribution in [0.5, 0.6) is 0 Å². The molecule has 0 spiro atoms. The van der Waals surface area contributed by atoms with Crippen LogP contribution in [0, 0.1) is 0 Å². The summed E-state index contributed by atoms with van der Waals surface area (Å²) in [5.41, 5.74) is 14.5. The van der Waals surface area contributed by atoms with Crippen molar-refractivity contribution in [3.8, 4) is 28.3 Å². The van der Waals surface area contributed by atoms with Crippen molar-refractivity contribution in [2.45, 2.75) is 12.8 Å². The molecule has 9 aromatic rings. The van der Waals surface area contributed by atoms with Crippen LogP contribution in [0.1, 0.15) is 17.5 Å². The highest BCUT2D eigenvalue weighted by molar-refractivity contribution is 6.10. The number of aryl methyl sites for hydroxylation is 1. The zero-order chi connectivity index (χ0) is 33.7. The van der Waals surface area contributed by atoms with Crippen LogP contribution < -0.4 is 4.90 Å². The van der Waals surface area contributed by atoms with Gasteiger partial charge in [0.2, 0.25) is 5.89 Å². The van der Waals surface area contributed by atoms with E-state index in [1.54, 1.807) is 0 Å². The van der Waals surface area contributed by atoms with E-state index >= 15 is 0 Å². The van der Waals surface area contributed by atoms with Gasteiger partial charge in [-0.25, -0.2) is 4.98 Å². The van der Waals surface area contributed by atoms with Crippen LogP contribution in [0.3, 0.4) is 0 Å². The predicted molar refractivity (Wildman–Crippen MR) is 211 cm³/mol. The number of anilines is 2. The Bertz CT molecular complexity index is 2740. The van der Waals surface area contributed by atoms with Crippen molar-refractivity contribution in [2.75, 3.05) is 4.90 Å². The van der Waals surface area contributed by atoms with Gasteiger partial charge in [-0.1, -0.05) is 109 Å². The number of allylic oxidation sites excluding steroid dienone is 1. The van der Waals surface area contributed by atoms with E-state index in [0.29, 0.717) is 5.89 Å². The van der Waals surface area contributed by atoms with Crippen molar-refractivity contribution in [3.63, 3.8) is 0 Å². The first kappa shape index (κ1) is 29.3. The number of hydrogen-bond acceptors (Lipinski definition) is 3. The van der Waals surface area contributed by atoms with E-state index in [0.717, 1.165) is 52.1 Å². The minimum Gasteiger partial charge on any atom is -0.436 e. The molecule has 0 amide bonds. The average Bonchev–Trinajstić information content (AvgIpc) is 3.79. The van der Waals surface area contributed by atoms with Gasteiger partial charge in [0, 0.05) is 44.5 Å². The van der Waals surface area contributed by atoms with E-state index in [4.69, 9.17) is 9.40 Å². The average molecular weight is 656 g/mol. The molecule has 51 heavy (non-hydrogen) atoms. The van der Waals surface area contributed by atoms with Gasteiger partial charge in [-0.2, -0.15) is 0 Å². The third-order valence-electron chi connectivity index (χ3n) is 10.1. The first-order valence-corrected chi connectivity index (χ1v) is 17.5. The molecule has 0 atom stereocenters. The molecule has 0 bridgehead atoms.